The SMILES string of the molecule is C=C(N)NC(CSC)C1C(C)C1C. The Bertz CT molecular complexity index is 185. The molecule has 1 fully saturated rings. The summed E-state index contributed by atoms with van der Waals surface area (Å²) in [5, 5.41) is 3.27. The van der Waals surface area contributed by atoms with Crippen LogP contribution in [0.5, 0.6) is 0 Å². The molecule has 3 N–H and O–H groups in total. The fraction of sp³-hybridized carbons (Fsp3) is 0.800. The molecule has 2 nitrogen and oxygen atoms in total. The van der Waals surface area contributed by atoms with E-state index in [0.717, 1.165) is 23.5 Å². The average Bonchev–Trinajstić information content (AvgIpc) is 2.58. The molecule has 1 aliphatic rings. The van der Waals surface area contributed by atoms with Gasteiger partial charge in [0, 0.05) is 11.8 Å². The summed E-state index contributed by atoms with van der Waals surface area (Å²) < 4.78 is 0. The van der Waals surface area contributed by atoms with E-state index in [1.54, 1.807) is 0 Å². The van der Waals surface area contributed by atoms with Crippen LogP contribution in [0.2, 0.25) is 0 Å². The van der Waals surface area contributed by atoms with Gasteiger partial charge in [0.2, 0.25) is 0 Å². The lowest BCUT2D eigenvalue weighted by Crippen LogP contribution is -2.36. The topological polar surface area (TPSA) is 38.0 Å². The number of hydrogen-bond acceptors (Lipinski definition) is 3. The molecule has 1 saturated carbocycles. The number of thioether (sulfide) groups is 1. The van der Waals surface area contributed by atoms with Gasteiger partial charge in [0.15, 0.2) is 0 Å². The van der Waals surface area contributed by atoms with Gasteiger partial charge in [-0.3, -0.25) is 0 Å². The molecule has 0 amide bonds. The Hall–Kier alpha value is -0.310. The van der Waals surface area contributed by atoms with Gasteiger partial charge < -0.3 is 11.1 Å². The fourth-order valence-electron chi connectivity index (χ4n) is 2.10. The molecule has 3 unspecified atom stereocenters. The number of rotatable bonds is 5. The second kappa shape index (κ2) is 4.27. The van der Waals surface area contributed by atoms with Gasteiger partial charge in [-0.05, 0) is 24.0 Å². The van der Waals surface area contributed by atoms with E-state index in [9.17, 15) is 0 Å². The molecule has 0 aromatic carbocycles. The molecule has 0 heterocycles. The van der Waals surface area contributed by atoms with E-state index in [1.165, 1.54) is 0 Å². The van der Waals surface area contributed by atoms with Crippen LogP contribution in [0, 0.1) is 17.8 Å². The zero-order chi connectivity index (χ0) is 10.0. The Morgan fingerprint density at radius 2 is 2.08 bits per heavy atom. The summed E-state index contributed by atoms with van der Waals surface area (Å²) in [5.41, 5.74) is 5.57. The van der Waals surface area contributed by atoms with Gasteiger partial charge in [-0.15, -0.1) is 0 Å². The summed E-state index contributed by atoms with van der Waals surface area (Å²) in [4.78, 5) is 0. The van der Waals surface area contributed by atoms with E-state index >= 15 is 0 Å². The molecule has 0 aromatic heterocycles. The largest absolute Gasteiger partial charge is 0.386 e. The van der Waals surface area contributed by atoms with E-state index in [0.29, 0.717) is 11.9 Å². The molecule has 0 saturated heterocycles. The van der Waals surface area contributed by atoms with Gasteiger partial charge >= 0.3 is 0 Å². The third kappa shape index (κ3) is 2.56. The number of nitrogens with one attached hydrogen (secondary N) is 1. The molecule has 3 atom stereocenters. The first-order valence-corrected chi connectivity index (χ1v) is 6.17. The normalized spacial score (nSPS) is 33.9. The van der Waals surface area contributed by atoms with Crippen LogP contribution in [0.4, 0.5) is 0 Å². The van der Waals surface area contributed by atoms with E-state index in [2.05, 4.69) is 32.0 Å². The molecule has 0 aromatic rings. The van der Waals surface area contributed by atoms with Gasteiger partial charge in [-0.25, -0.2) is 0 Å². The van der Waals surface area contributed by atoms with Crippen LogP contribution in [0.15, 0.2) is 12.4 Å². The maximum absolute atomic E-state index is 5.57. The minimum atomic E-state index is 0.512. The molecule has 0 bridgehead atoms. The van der Waals surface area contributed by atoms with E-state index < -0.39 is 0 Å². The Labute approximate surface area is 85.3 Å². The molecule has 1 rings (SSSR count). The molecule has 76 valence electrons. The van der Waals surface area contributed by atoms with Crippen molar-refractivity contribution in [1.29, 1.82) is 0 Å². The summed E-state index contributed by atoms with van der Waals surface area (Å²) in [6.45, 7) is 8.31. The molecule has 0 spiro atoms. The smallest absolute Gasteiger partial charge is 0.0888 e. The quantitative estimate of drug-likeness (QED) is 0.708. The van der Waals surface area contributed by atoms with Gasteiger partial charge in [-0.2, -0.15) is 11.8 Å². The number of hydrogen-bond donors (Lipinski definition) is 2. The van der Waals surface area contributed by atoms with Gasteiger partial charge in [-0.1, -0.05) is 20.4 Å². The van der Waals surface area contributed by atoms with Crippen LogP contribution in [-0.4, -0.2) is 18.1 Å². The second-order valence-electron chi connectivity index (χ2n) is 4.03. The summed E-state index contributed by atoms with van der Waals surface area (Å²) in [5.74, 6) is 4.18. The first-order chi connectivity index (χ1) is 6.07. The average molecular weight is 200 g/mol. The third-order valence-corrected chi connectivity index (χ3v) is 3.78. The minimum absolute atomic E-state index is 0.512. The Morgan fingerprint density at radius 1 is 1.54 bits per heavy atom. The Balaban J connectivity index is 2.43. The lowest BCUT2D eigenvalue weighted by atomic mass is 10.1. The Morgan fingerprint density at radius 3 is 2.38 bits per heavy atom. The summed E-state index contributed by atoms with van der Waals surface area (Å²) in [6.07, 6.45) is 2.13. The van der Waals surface area contributed by atoms with Gasteiger partial charge in [0.05, 0.1) is 5.82 Å². The first kappa shape index (κ1) is 10.8. The Kier molecular flexibility index (Phi) is 3.54. The van der Waals surface area contributed by atoms with Crippen LogP contribution >= 0.6 is 11.8 Å². The molecule has 0 aliphatic heterocycles. The van der Waals surface area contributed by atoms with Crippen molar-refractivity contribution < 1.29 is 0 Å². The maximum Gasteiger partial charge on any atom is 0.0888 e. The van der Waals surface area contributed by atoms with Crippen LogP contribution in [-0.2, 0) is 0 Å². The summed E-state index contributed by atoms with van der Waals surface area (Å²) in [6, 6.07) is 0.512. The van der Waals surface area contributed by atoms with E-state index in [4.69, 9.17) is 5.73 Å². The highest BCUT2D eigenvalue weighted by Crippen LogP contribution is 2.48. The van der Waals surface area contributed by atoms with Crippen molar-refractivity contribution in [2.45, 2.75) is 19.9 Å². The van der Waals surface area contributed by atoms with Crippen molar-refractivity contribution in [3.05, 3.63) is 12.4 Å². The van der Waals surface area contributed by atoms with Crippen LogP contribution in [0.25, 0.3) is 0 Å². The predicted molar refractivity (Wildman–Crippen MR) is 60.5 cm³/mol. The zero-order valence-corrected chi connectivity index (χ0v) is 9.53. The highest BCUT2D eigenvalue weighted by molar-refractivity contribution is 7.98. The van der Waals surface area contributed by atoms with Crippen molar-refractivity contribution >= 4 is 11.8 Å². The van der Waals surface area contributed by atoms with Crippen molar-refractivity contribution in [2.75, 3.05) is 12.0 Å². The first-order valence-electron chi connectivity index (χ1n) is 4.77. The van der Waals surface area contributed by atoms with Crippen LogP contribution in [0.3, 0.4) is 0 Å². The van der Waals surface area contributed by atoms with E-state index in [1.807, 2.05) is 11.8 Å². The van der Waals surface area contributed by atoms with Crippen LogP contribution < -0.4 is 11.1 Å². The molecule has 3 heteroatoms. The fourth-order valence-corrected chi connectivity index (χ4v) is 2.77. The lowest BCUT2D eigenvalue weighted by Gasteiger charge is -2.18. The molecular weight excluding hydrogens is 180 g/mol. The standard InChI is InChI=1S/C10H20N2S/c1-6-7(2)10(6)9(5-13-4)12-8(3)11/h6-7,9-10,12H,3,5,11H2,1-2,4H3. The molecule has 1 aliphatic carbocycles. The molecule has 0 radical (unpaired) electrons. The number of nitrogens with two attached hydrogens (primary N) is 1. The van der Waals surface area contributed by atoms with Crippen molar-refractivity contribution in [3.8, 4) is 0 Å². The van der Waals surface area contributed by atoms with Gasteiger partial charge in [0.25, 0.3) is 0 Å². The second-order valence-corrected chi connectivity index (χ2v) is 4.94. The minimum Gasteiger partial charge on any atom is -0.386 e. The third-order valence-electron chi connectivity index (χ3n) is 3.08. The van der Waals surface area contributed by atoms with Crippen LogP contribution in [0.1, 0.15) is 13.8 Å². The summed E-state index contributed by atoms with van der Waals surface area (Å²) >= 11 is 1.86. The van der Waals surface area contributed by atoms with Crippen molar-refractivity contribution in [2.24, 2.45) is 23.5 Å². The predicted octanol–water partition coefficient (Wildman–Crippen LogP) is 1.64. The highest BCUT2D eigenvalue weighted by atomic mass is 32.2. The van der Waals surface area contributed by atoms with Crippen molar-refractivity contribution in [1.82, 2.24) is 5.32 Å². The lowest BCUT2D eigenvalue weighted by molar-refractivity contribution is 0.515. The zero-order valence-electron chi connectivity index (χ0n) is 8.71. The monoisotopic (exact) mass is 200 g/mol. The highest BCUT2D eigenvalue weighted by Gasteiger charge is 2.47. The summed E-state index contributed by atoms with van der Waals surface area (Å²) in [7, 11) is 0. The van der Waals surface area contributed by atoms with E-state index in [-0.39, 0.29) is 0 Å². The molecular formula is C10H20N2S. The maximum atomic E-state index is 5.57. The van der Waals surface area contributed by atoms with Crippen molar-refractivity contribution in [3.63, 3.8) is 0 Å². The molecule has 13 heavy (non-hydrogen) atoms. The van der Waals surface area contributed by atoms with Gasteiger partial charge in [0.1, 0.15) is 0 Å².